The molecule has 1 aliphatic heterocycles. The summed E-state index contributed by atoms with van der Waals surface area (Å²) < 4.78 is 17.8. The van der Waals surface area contributed by atoms with Gasteiger partial charge >= 0.3 is 17.6 Å². The van der Waals surface area contributed by atoms with E-state index in [1.54, 1.807) is 30.3 Å². The number of hydrogen-bond donors (Lipinski definition) is 2. The zero-order chi connectivity index (χ0) is 29.4. The molecule has 0 unspecified atom stereocenters. The highest BCUT2D eigenvalue weighted by atomic mass is 16.6. The first-order chi connectivity index (χ1) is 19.7. The molecular weight excluding hydrogens is 528 g/mol. The average Bonchev–Trinajstić information content (AvgIpc) is 2.97. The van der Waals surface area contributed by atoms with Gasteiger partial charge in [0, 0.05) is 24.8 Å². The van der Waals surface area contributed by atoms with Gasteiger partial charge in [-0.2, -0.15) is 4.98 Å². The number of ether oxygens (including phenoxy) is 3. The molecule has 1 fully saturated rings. The second-order valence-corrected chi connectivity index (χ2v) is 9.89. The number of aromatic nitrogens is 2. The van der Waals surface area contributed by atoms with E-state index in [1.165, 1.54) is 22.4 Å². The molecule has 4 rings (SSSR count). The van der Waals surface area contributed by atoms with Crippen molar-refractivity contribution in [3.63, 3.8) is 0 Å². The number of aryl methyl sites for hydroxylation is 2. The van der Waals surface area contributed by atoms with E-state index in [-0.39, 0.29) is 37.8 Å². The van der Waals surface area contributed by atoms with Crippen LogP contribution in [0.5, 0.6) is 0 Å². The molecule has 2 heterocycles. The maximum Gasteiger partial charge on any atom is 0.351 e. The first-order valence-electron chi connectivity index (χ1n) is 13.4. The van der Waals surface area contributed by atoms with E-state index in [9.17, 15) is 19.2 Å². The molecule has 41 heavy (non-hydrogen) atoms. The van der Waals surface area contributed by atoms with E-state index in [4.69, 9.17) is 14.2 Å². The standard InChI is InChI=1S/C30H34N4O7/c1-19-13-22(14-20(2)21(19)3)17-39-27(35)9-10-28(36)40-18-24-15-31-16-26(41-24)34-12-11-25(33-30(34)38)32-29(37)23-7-5-4-6-8-23/h4-8,11-14,24,26,31H,9-10,15-18H2,1-3H3,(H,32,33,37,38)/t24-,26+/m0/s1. The lowest BCUT2D eigenvalue weighted by molar-refractivity contribution is -0.157. The number of anilines is 1. The summed E-state index contributed by atoms with van der Waals surface area (Å²) in [6, 6.07) is 14.1. The van der Waals surface area contributed by atoms with Gasteiger partial charge in [-0.25, -0.2) is 4.79 Å². The van der Waals surface area contributed by atoms with E-state index < -0.39 is 30.0 Å². The average molecular weight is 563 g/mol. The molecule has 11 nitrogen and oxygen atoms in total. The van der Waals surface area contributed by atoms with Crippen LogP contribution in [0.25, 0.3) is 0 Å². The van der Waals surface area contributed by atoms with Crippen LogP contribution in [0.1, 0.15) is 51.7 Å². The Hall–Kier alpha value is -4.35. The summed E-state index contributed by atoms with van der Waals surface area (Å²) >= 11 is 0. The van der Waals surface area contributed by atoms with E-state index in [0.717, 1.165) is 16.7 Å². The van der Waals surface area contributed by atoms with Crippen LogP contribution in [0.15, 0.2) is 59.5 Å². The van der Waals surface area contributed by atoms with Crippen molar-refractivity contribution in [2.24, 2.45) is 0 Å². The van der Waals surface area contributed by atoms with Gasteiger partial charge in [-0.3, -0.25) is 19.0 Å². The number of carbonyl (C=O) groups is 3. The van der Waals surface area contributed by atoms with Gasteiger partial charge in [0.1, 0.15) is 25.1 Å². The second kappa shape index (κ2) is 13.8. The van der Waals surface area contributed by atoms with Crippen LogP contribution in [-0.2, 0) is 30.4 Å². The summed E-state index contributed by atoms with van der Waals surface area (Å²) in [7, 11) is 0. The lowest BCUT2D eigenvalue weighted by Crippen LogP contribution is -2.47. The lowest BCUT2D eigenvalue weighted by atomic mass is 10.0. The van der Waals surface area contributed by atoms with E-state index in [1.807, 2.05) is 32.9 Å². The fourth-order valence-corrected chi connectivity index (χ4v) is 4.33. The van der Waals surface area contributed by atoms with E-state index in [2.05, 4.69) is 15.6 Å². The minimum Gasteiger partial charge on any atom is -0.463 e. The summed E-state index contributed by atoms with van der Waals surface area (Å²) in [6.07, 6.45) is 0.0796. The van der Waals surface area contributed by atoms with Crippen molar-refractivity contribution in [2.75, 3.05) is 25.0 Å². The number of morpholine rings is 1. The van der Waals surface area contributed by atoms with Crippen molar-refractivity contribution in [1.82, 2.24) is 14.9 Å². The van der Waals surface area contributed by atoms with Gasteiger partial charge in [-0.15, -0.1) is 0 Å². The van der Waals surface area contributed by atoms with Crippen LogP contribution < -0.4 is 16.3 Å². The zero-order valence-electron chi connectivity index (χ0n) is 23.3. The van der Waals surface area contributed by atoms with Gasteiger partial charge in [0.05, 0.1) is 12.8 Å². The molecule has 2 atom stereocenters. The van der Waals surface area contributed by atoms with E-state index >= 15 is 0 Å². The van der Waals surface area contributed by atoms with Crippen LogP contribution in [0.3, 0.4) is 0 Å². The zero-order valence-corrected chi connectivity index (χ0v) is 23.3. The number of esters is 2. The normalized spacial score (nSPS) is 16.6. The number of benzene rings is 2. The molecule has 216 valence electrons. The number of nitrogens with zero attached hydrogens (tertiary/aromatic N) is 2. The van der Waals surface area contributed by atoms with Gasteiger partial charge in [0.25, 0.3) is 5.91 Å². The molecule has 0 saturated carbocycles. The van der Waals surface area contributed by atoms with Gasteiger partial charge in [-0.1, -0.05) is 30.3 Å². The Labute approximate surface area is 237 Å². The molecule has 1 saturated heterocycles. The molecule has 2 aromatic carbocycles. The van der Waals surface area contributed by atoms with Crippen molar-refractivity contribution in [1.29, 1.82) is 0 Å². The highest BCUT2D eigenvalue weighted by Crippen LogP contribution is 2.17. The van der Waals surface area contributed by atoms with Crippen molar-refractivity contribution in [3.8, 4) is 0 Å². The SMILES string of the molecule is Cc1cc(COC(=O)CCC(=O)OC[C@@H]2CNC[C@H](n3ccc(NC(=O)c4ccccc4)nc3=O)O2)cc(C)c1C. The largest absolute Gasteiger partial charge is 0.463 e. The Kier molecular flexibility index (Phi) is 9.99. The number of carbonyl (C=O) groups excluding carboxylic acids is 3. The fraction of sp³-hybridized carbons (Fsp3) is 0.367. The number of rotatable bonds is 10. The topological polar surface area (TPSA) is 138 Å². The third-order valence-electron chi connectivity index (χ3n) is 6.81. The molecular formula is C30H34N4O7. The van der Waals surface area contributed by atoms with Crippen LogP contribution >= 0.6 is 0 Å². The van der Waals surface area contributed by atoms with Crippen molar-refractivity contribution in [3.05, 3.63) is 93.0 Å². The Balaban J connectivity index is 1.20. The minimum atomic E-state index is -0.685. The van der Waals surface area contributed by atoms with Crippen molar-refractivity contribution >= 4 is 23.7 Å². The first kappa shape index (κ1) is 29.6. The highest BCUT2D eigenvalue weighted by molar-refractivity contribution is 6.03. The smallest absolute Gasteiger partial charge is 0.351 e. The third kappa shape index (κ3) is 8.32. The fourth-order valence-electron chi connectivity index (χ4n) is 4.33. The molecule has 2 N–H and O–H groups in total. The van der Waals surface area contributed by atoms with Crippen LogP contribution in [-0.4, -0.2) is 53.2 Å². The second-order valence-electron chi connectivity index (χ2n) is 9.89. The summed E-state index contributed by atoms with van der Waals surface area (Å²) in [5.41, 5.74) is 4.21. The number of hydrogen-bond acceptors (Lipinski definition) is 9. The minimum absolute atomic E-state index is 0.0489. The van der Waals surface area contributed by atoms with Gasteiger partial charge < -0.3 is 24.8 Å². The molecule has 0 bridgehead atoms. The highest BCUT2D eigenvalue weighted by Gasteiger charge is 2.26. The molecule has 1 amide bonds. The monoisotopic (exact) mass is 562 g/mol. The Bertz CT molecular complexity index is 1430. The molecule has 0 radical (unpaired) electrons. The predicted molar refractivity (Wildman–Crippen MR) is 150 cm³/mol. The third-order valence-corrected chi connectivity index (χ3v) is 6.81. The molecule has 3 aromatic rings. The summed E-state index contributed by atoms with van der Waals surface area (Å²) in [4.78, 5) is 53.2. The Morgan fingerprint density at radius 2 is 1.68 bits per heavy atom. The van der Waals surface area contributed by atoms with Gasteiger partial charge in [0.15, 0.2) is 6.23 Å². The van der Waals surface area contributed by atoms with Crippen LogP contribution in [0.2, 0.25) is 0 Å². The quantitative estimate of drug-likeness (QED) is 0.357. The molecule has 1 aromatic heterocycles. The van der Waals surface area contributed by atoms with Crippen LogP contribution in [0.4, 0.5) is 5.82 Å². The van der Waals surface area contributed by atoms with Crippen molar-refractivity contribution < 1.29 is 28.6 Å². The number of nitrogens with one attached hydrogen (secondary N) is 2. The lowest BCUT2D eigenvalue weighted by Gasteiger charge is -2.31. The molecule has 0 aliphatic carbocycles. The summed E-state index contributed by atoms with van der Waals surface area (Å²) in [6.45, 7) is 6.92. The first-order valence-corrected chi connectivity index (χ1v) is 13.4. The van der Waals surface area contributed by atoms with Crippen molar-refractivity contribution in [2.45, 2.75) is 52.6 Å². The maximum absolute atomic E-state index is 12.6. The van der Waals surface area contributed by atoms with Gasteiger partial charge in [-0.05, 0) is 61.2 Å². The molecule has 0 spiro atoms. The Morgan fingerprint density at radius 1 is 1.00 bits per heavy atom. The summed E-state index contributed by atoms with van der Waals surface area (Å²) in [5.74, 6) is -1.29. The Morgan fingerprint density at radius 3 is 2.37 bits per heavy atom. The molecule has 1 aliphatic rings. The maximum atomic E-state index is 12.6. The van der Waals surface area contributed by atoms with Gasteiger partial charge in [0.2, 0.25) is 0 Å². The summed E-state index contributed by atoms with van der Waals surface area (Å²) in [5, 5.41) is 5.75. The predicted octanol–water partition coefficient (Wildman–Crippen LogP) is 2.97. The molecule has 11 heteroatoms. The van der Waals surface area contributed by atoms with E-state index in [0.29, 0.717) is 18.7 Å². The van der Waals surface area contributed by atoms with Crippen LogP contribution in [0, 0.1) is 20.8 Å². The number of amides is 1.